The summed E-state index contributed by atoms with van der Waals surface area (Å²) in [5.74, 6) is 2.95. The maximum absolute atomic E-state index is 8.49. The van der Waals surface area contributed by atoms with Crippen LogP contribution in [-0.2, 0) is 0 Å². The molecule has 68 valence electrons. The van der Waals surface area contributed by atoms with Crippen molar-refractivity contribution in [2.45, 2.75) is 26.7 Å². The van der Waals surface area contributed by atoms with Gasteiger partial charge in [-0.05, 0) is 12.3 Å². The van der Waals surface area contributed by atoms with Crippen molar-refractivity contribution in [1.29, 1.82) is 0 Å². The average molecular weight is 194 g/mol. The first kappa shape index (κ1) is 11.7. The molecule has 0 heterocycles. The highest BCUT2D eigenvalue weighted by molar-refractivity contribution is 8.76. The lowest BCUT2D eigenvalue weighted by molar-refractivity contribution is 0.323. The fourth-order valence-corrected chi connectivity index (χ4v) is 2.64. The van der Waals surface area contributed by atoms with Gasteiger partial charge in [0, 0.05) is 11.5 Å². The molecule has 0 amide bonds. The Kier molecular flexibility index (Phi) is 9.28. The van der Waals surface area contributed by atoms with Crippen molar-refractivity contribution in [1.82, 2.24) is 0 Å². The summed E-state index contributed by atoms with van der Waals surface area (Å²) in [5, 5.41) is 8.49. The molecule has 0 saturated carbocycles. The van der Waals surface area contributed by atoms with Crippen LogP contribution in [0.4, 0.5) is 0 Å². The Labute approximate surface area is 77.7 Å². The zero-order valence-corrected chi connectivity index (χ0v) is 9.01. The fourth-order valence-electron chi connectivity index (χ4n) is 0.609. The summed E-state index contributed by atoms with van der Waals surface area (Å²) < 4.78 is 0. The summed E-state index contributed by atoms with van der Waals surface area (Å²) in [6, 6.07) is 0. The van der Waals surface area contributed by atoms with Crippen molar-refractivity contribution < 1.29 is 5.11 Å². The number of hydrogen-bond donors (Lipinski definition) is 1. The first-order chi connectivity index (χ1) is 5.31. The van der Waals surface area contributed by atoms with E-state index in [1.807, 2.05) is 10.8 Å². The topological polar surface area (TPSA) is 20.2 Å². The maximum Gasteiger partial charge on any atom is 0.0530 e. The minimum Gasteiger partial charge on any atom is -0.395 e. The molecule has 0 aromatic carbocycles. The first-order valence-corrected chi connectivity index (χ1v) is 6.65. The van der Waals surface area contributed by atoms with Crippen LogP contribution in [0.5, 0.6) is 0 Å². The van der Waals surface area contributed by atoms with Gasteiger partial charge in [0.15, 0.2) is 0 Å². The van der Waals surface area contributed by atoms with Gasteiger partial charge in [-0.3, -0.25) is 0 Å². The highest BCUT2D eigenvalue weighted by atomic mass is 33.1. The van der Waals surface area contributed by atoms with Crippen molar-refractivity contribution in [3.05, 3.63) is 0 Å². The molecule has 1 atom stereocenters. The Bertz CT molecular complexity index is 78.5. The van der Waals surface area contributed by atoms with Gasteiger partial charge in [-0.2, -0.15) is 0 Å². The van der Waals surface area contributed by atoms with Gasteiger partial charge in [0.2, 0.25) is 0 Å². The monoisotopic (exact) mass is 194 g/mol. The Morgan fingerprint density at radius 2 is 1.91 bits per heavy atom. The minimum absolute atomic E-state index is 0.307. The molecule has 0 fully saturated rings. The summed E-state index contributed by atoms with van der Waals surface area (Å²) in [6.07, 6.45) is 2.59. The highest BCUT2D eigenvalue weighted by Gasteiger charge is 1.97. The molecule has 3 heteroatoms. The zero-order valence-electron chi connectivity index (χ0n) is 7.38. The van der Waals surface area contributed by atoms with Gasteiger partial charge in [0.05, 0.1) is 6.61 Å². The van der Waals surface area contributed by atoms with E-state index in [4.69, 9.17) is 5.11 Å². The number of rotatable bonds is 7. The minimum atomic E-state index is 0.307. The molecule has 0 radical (unpaired) electrons. The smallest absolute Gasteiger partial charge is 0.0530 e. The Morgan fingerprint density at radius 1 is 1.27 bits per heavy atom. The second-order valence-electron chi connectivity index (χ2n) is 2.67. The third kappa shape index (κ3) is 8.57. The molecule has 1 nitrogen and oxygen atoms in total. The van der Waals surface area contributed by atoms with E-state index in [0.29, 0.717) is 6.61 Å². The number of aliphatic hydroxyl groups excluding tert-OH is 1. The normalized spacial score (nSPS) is 13.4. The Morgan fingerprint density at radius 3 is 2.45 bits per heavy atom. The van der Waals surface area contributed by atoms with Crippen LogP contribution in [0.2, 0.25) is 0 Å². The van der Waals surface area contributed by atoms with Gasteiger partial charge in [-0.25, -0.2) is 0 Å². The molecule has 0 aliphatic rings. The molecule has 0 bridgehead atoms. The van der Waals surface area contributed by atoms with Gasteiger partial charge in [0.25, 0.3) is 0 Å². The first-order valence-electron chi connectivity index (χ1n) is 4.16. The lowest BCUT2D eigenvalue weighted by Crippen LogP contribution is -1.93. The van der Waals surface area contributed by atoms with E-state index in [2.05, 4.69) is 13.8 Å². The van der Waals surface area contributed by atoms with Crippen LogP contribution in [-0.4, -0.2) is 23.2 Å². The quantitative estimate of drug-likeness (QED) is 0.497. The molecule has 1 N–H and O–H groups in total. The van der Waals surface area contributed by atoms with Crippen molar-refractivity contribution in [2.24, 2.45) is 5.92 Å². The molecule has 11 heavy (non-hydrogen) atoms. The summed E-state index contributed by atoms with van der Waals surface area (Å²) in [7, 11) is 3.65. The van der Waals surface area contributed by atoms with Gasteiger partial charge in [-0.1, -0.05) is 41.9 Å². The molecular weight excluding hydrogens is 176 g/mol. The molecule has 0 aromatic rings. The average Bonchev–Trinajstić information content (AvgIpc) is 2.04. The Hall–Kier alpha value is 0.660. The van der Waals surface area contributed by atoms with Crippen molar-refractivity contribution >= 4 is 21.6 Å². The summed E-state index contributed by atoms with van der Waals surface area (Å²) >= 11 is 0. The predicted octanol–water partition coefficient (Wildman–Crippen LogP) is 2.80. The SMILES string of the molecule is CCC(C)CCSSCCO. The van der Waals surface area contributed by atoms with Crippen molar-refractivity contribution in [2.75, 3.05) is 18.1 Å². The molecule has 0 rings (SSSR count). The molecule has 0 spiro atoms. The van der Waals surface area contributed by atoms with E-state index in [9.17, 15) is 0 Å². The van der Waals surface area contributed by atoms with Gasteiger partial charge >= 0.3 is 0 Å². The Balaban J connectivity index is 2.89. The van der Waals surface area contributed by atoms with E-state index in [0.717, 1.165) is 11.7 Å². The maximum atomic E-state index is 8.49. The van der Waals surface area contributed by atoms with E-state index >= 15 is 0 Å². The van der Waals surface area contributed by atoms with Crippen LogP contribution in [0, 0.1) is 5.92 Å². The molecular formula is C8H18OS2. The van der Waals surface area contributed by atoms with Crippen LogP contribution in [0.15, 0.2) is 0 Å². The van der Waals surface area contributed by atoms with Gasteiger partial charge in [-0.15, -0.1) is 0 Å². The fraction of sp³-hybridized carbons (Fsp3) is 1.00. The predicted molar refractivity (Wildman–Crippen MR) is 56.1 cm³/mol. The zero-order chi connectivity index (χ0) is 8.53. The third-order valence-electron chi connectivity index (χ3n) is 1.65. The van der Waals surface area contributed by atoms with Crippen molar-refractivity contribution in [3.8, 4) is 0 Å². The second-order valence-corrected chi connectivity index (χ2v) is 5.37. The van der Waals surface area contributed by atoms with Gasteiger partial charge in [0.1, 0.15) is 0 Å². The lowest BCUT2D eigenvalue weighted by atomic mass is 10.1. The van der Waals surface area contributed by atoms with Gasteiger partial charge < -0.3 is 5.11 Å². The van der Waals surface area contributed by atoms with E-state index in [1.165, 1.54) is 18.6 Å². The van der Waals surface area contributed by atoms with Crippen LogP contribution < -0.4 is 0 Å². The molecule has 1 unspecified atom stereocenters. The largest absolute Gasteiger partial charge is 0.395 e. The van der Waals surface area contributed by atoms with Crippen LogP contribution in [0.25, 0.3) is 0 Å². The third-order valence-corrected chi connectivity index (χ3v) is 4.07. The summed E-state index contributed by atoms with van der Waals surface area (Å²) in [6.45, 7) is 4.83. The standard InChI is InChI=1S/C8H18OS2/c1-3-8(2)4-6-10-11-7-5-9/h8-9H,3-7H2,1-2H3. The van der Waals surface area contributed by atoms with E-state index in [1.54, 1.807) is 10.8 Å². The van der Waals surface area contributed by atoms with Crippen LogP contribution >= 0.6 is 21.6 Å². The number of aliphatic hydroxyl groups is 1. The molecule has 0 aliphatic carbocycles. The lowest BCUT2D eigenvalue weighted by Gasteiger charge is -2.05. The summed E-state index contributed by atoms with van der Waals surface area (Å²) in [5.41, 5.74) is 0. The second kappa shape index (κ2) is 8.75. The summed E-state index contributed by atoms with van der Waals surface area (Å²) in [4.78, 5) is 0. The van der Waals surface area contributed by atoms with Crippen LogP contribution in [0.1, 0.15) is 26.7 Å². The molecule has 0 saturated heterocycles. The highest BCUT2D eigenvalue weighted by Crippen LogP contribution is 2.23. The molecule has 0 aromatic heterocycles. The van der Waals surface area contributed by atoms with E-state index in [-0.39, 0.29) is 0 Å². The number of hydrogen-bond acceptors (Lipinski definition) is 3. The molecule has 0 aliphatic heterocycles. The van der Waals surface area contributed by atoms with Crippen LogP contribution in [0.3, 0.4) is 0 Å². The van der Waals surface area contributed by atoms with Crippen molar-refractivity contribution in [3.63, 3.8) is 0 Å². The van der Waals surface area contributed by atoms with E-state index < -0.39 is 0 Å².